The van der Waals surface area contributed by atoms with Crippen LogP contribution in [0.25, 0.3) is 0 Å². The molecule has 0 bridgehead atoms. The van der Waals surface area contributed by atoms with Gasteiger partial charge in [0.05, 0.1) is 5.97 Å². The summed E-state index contributed by atoms with van der Waals surface area (Å²) in [6.45, 7) is 3.16. The van der Waals surface area contributed by atoms with Crippen molar-refractivity contribution in [2.75, 3.05) is 0 Å². The first-order chi connectivity index (χ1) is 5.04. The molecule has 11 heavy (non-hydrogen) atoms. The van der Waals surface area contributed by atoms with Crippen LogP contribution >= 0.6 is 0 Å². The minimum atomic E-state index is -1.14. The third-order valence-electron chi connectivity index (χ3n) is 0.591. The van der Waals surface area contributed by atoms with Crippen molar-refractivity contribution in [3.8, 4) is 0 Å². The summed E-state index contributed by atoms with van der Waals surface area (Å²) in [7, 11) is 0. The van der Waals surface area contributed by atoms with Crippen LogP contribution in [0.5, 0.6) is 0 Å². The molecule has 0 spiro atoms. The molecule has 0 saturated carbocycles. The summed E-state index contributed by atoms with van der Waals surface area (Å²) in [6.07, 6.45) is 2.50. The molecule has 0 unspecified atom stereocenters. The first-order valence-electron chi connectivity index (χ1n) is 3.08. The zero-order valence-corrected chi connectivity index (χ0v) is 6.49. The lowest BCUT2D eigenvalue weighted by Crippen LogP contribution is -2.19. The largest absolute Gasteiger partial charge is 0.550 e. The predicted molar refractivity (Wildman–Crippen MR) is 35.1 cm³/mol. The number of allylic oxidation sites excluding steroid dienone is 1. The number of carboxylic acids is 2. The van der Waals surface area contributed by atoms with E-state index in [1.807, 2.05) is 0 Å². The average molecular weight is 158 g/mol. The summed E-state index contributed by atoms with van der Waals surface area (Å²) in [4.78, 5) is 18.7. The zero-order chi connectivity index (χ0) is 9.28. The van der Waals surface area contributed by atoms with Crippen LogP contribution in [-0.2, 0) is 9.59 Å². The Labute approximate surface area is 65.2 Å². The third-order valence-corrected chi connectivity index (χ3v) is 0.591. The van der Waals surface area contributed by atoms with Gasteiger partial charge in [-0.1, -0.05) is 13.0 Å². The zero-order valence-electron chi connectivity index (χ0n) is 6.49. The van der Waals surface area contributed by atoms with Gasteiger partial charge in [0, 0.05) is 5.97 Å². The van der Waals surface area contributed by atoms with Gasteiger partial charge in [-0.3, -0.25) is 0 Å². The van der Waals surface area contributed by atoms with Crippen LogP contribution in [0.15, 0.2) is 12.2 Å². The Hall–Kier alpha value is -1.32. The highest BCUT2D eigenvalue weighted by Crippen LogP contribution is 1.62. The van der Waals surface area contributed by atoms with Gasteiger partial charge < -0.3 is 19.8 Å². The highest BCUT2D eigenvalue weighted by atomic mass is 16.4. The highest BCUT2D eigenvalue weighted by Gasteiger charge is 1.65. The number of rotatable bonds is 2. The van der Waals surface area contributed by atoms with Gasteiger partial charge in [-0.2, -0.15) is 0 Å². The predicted octanol–water partition coefficient (Wildman–Crippen LogP) is -1.54. The first kappa shape index (κ1) is 12.4. The molecule has 0 radical (unpaired) electrons. The maximum Gasteiger partial charge on any atom is 0.0639 e. The van der Waals surface area contributed by atoms with Gasteiger partial charge in [-0.15, -0.1) is 0 Å². The van der Waals surface area contributed by atoms with Crippen molar-refractivity contribution < 1.29 is 19.8 Å². The van der Waals surface area contributed by atoms with Crippen molar-refractivity contribution >= 4 is 11.9 Å². The fourth-order valence-corrected chi connectivity index (χ4v) is 0.136. The quantitative estimate of drug-likeness (QED) is 0.456. The van der Waals surface area contributed by atoms with Crippen LogP contribution in [0.2, 0.25) is 0 Å². The highest BCUT2D eigenvalue weighted by molar-refractivity contribution is 5.77. The summed E-state index contributed by atoms with van der Waals surface area (Å²) in [5.74, 6) is -2.14. The Morgan fingerprint density at radius 3 is 1.73 bits per heavy atom. The molecule has 0 amide bonds. The Kier molecular flexibility index (Phi) is 9.76. The molecule has 4 heteroatoms. The van der Waals surface area contributed by atoms with E-state index in [1.54, 1.807) is 6.92 Å². The number of hydrogen-bond donors (Lipinski definition) is 0. The lowest BCUT2D eigenvalue weighted by Gasteiger charge is -1.87. The fourth-order valence-electron chi connectivity index (χ4n) is 0.136. The standard InChI is InChI=1S/C4H6O2.C3H6O2/c1-2-3-4(5)6;1-2-3(4)5/h2-3H,1H3,(H,5,6);2H2,1H3,(H,4,5)/p-2/b3-2+;. The van der Waals surface area contributed by atoms with E-state index in [0.29, 0.717) is 0 Å². The number of carboxylic acid groups (broad SMARTS) is 2. The van der Waals surface area contributed by atoms with Crippen molar-refractivity contribution in [3.63, 3.8) is 0 Å². The van der Waals surface area contributed by atoms with E-state index in [0.717, 1.165) is 6.08 Å². The average Bonchev–Trinajstić information content (AvgIpc) is 1.89. The number of carbonyl (C=O) groups is 2. The summed E-state index contributed by atoms with van der Waals surface area (Å²) in [6, 6.07) is 0. The Balaban J connectivity index is 0. The number of aliphatic carboxylic acids is 2. The fraction of sp³-hybridized carbons (Fsp3) is 0.429. The molecule has 0 fully saturated rings. The molecule has 0 aliphatic rings. The molecule has 0 aromatic carbocycles. The van der Waals surface area contributed by atoms with Crippen molar-refractivity contribution in [1.82, 2.24) is 0 Å². The van der Waals surface area contributed by atoms with Crippen LogP contribution in [0.4, 0.5) is 0 Å². The molecule has 0 rings (SSSR count). The Morgan fingerprint density at radius 2 is 1.73 bits per heavy atom. The number of carbonyl (C=O) groups excluding carboxylic acids is 2. The Bertz CT molecular complexity index is 149. The van der Waals surface area contributed by atoms with Gasteiger partial charge >= 0.3 is 0 Å². The molecule has 0 N–H and O–H groups in total. The van der Waals surface area contributed by atoms with E-state index in [9.17, 15) is 19.8 Å². The first-order valence-corrected chi connectivity index (χ1v) is 3.08. The van der Waals surface area contributed by atoms with Gasteiger partial charge in [-0.05, 0) is 19.4 Å². The van der Waals surface area contributed by atoms with E-state index in [-0.39, 0.29) is 6.42 Å². The lowest BCUT2D eigenvalue weighted by molar-refractivity contribution is -0.305. The minimum Gasteiger partial charge on any atom is -0.550 e. The van der Waals surface area contributed by atoms with Crippen molar-refractivity contribution in [3.05, 3.63) is 12.2 Å². The molecule has 4 nitrogen and oxygen atoms in total. The maximum atomic E-state index is 9.40. The van der Waals surface area contributed by atoms with Gasteiger partial charge in [0.1, 0.15) is 0 Å². The lowest BCUT2D eigenvalue weighted by atomic mass is 10.5. The second kappa shape index (κ2) is 8.68. The molecular formula is C7H10O4-2. The third kappa shape index (κ3) is 28.6. The number of hydrogen-bond acceptors (Lipinski definition) is 4. The molecule has 0 aromatic rings. The second-order valence-electron chi connectivity index (χ2n) is 1.54. The molecule has 0 aromatic heterocycles. The molecule has 0 aliphatic heterocycles. The molecule has 0 atom stereocenters. The second-order valence-corrected chi connectivity index (χ2v) is 1.54. The molecular weight excluding hydrogens is 148 g/mol. The van der Waals surface area contributed by atoms with E-state index in [1.165, 1.54) is 13.0 Å². The van der Waals surface area contributed by atoms with Gasteiger partial charge in [-0.25, -0.2) is 0 Å². The SMILES string of the molecule is C/C=C/C(=O)[O-].CCC(=O)[O-]. The van der Waals surface area contributed by atoms with Crippen LogP contribution in [-0.4, -0.2) is 11.9 Å². The molecule has 0 heterocycles. The van der Waals surface area contributed by atoms with E-state index in [4.69, 9.17) is 0 Å². The topological polar surface area (TPSA) is 80.3 Å². The molecule has 0 saturated heterocycles. The van der Waals surface area contributed by atoms with E-state index in [2.05, 4.69) is 0 Å². The monoisotopic (exact) mass is 158 g/mol. The van der Waals surface area contributed by atoms with Crippen molar-refractivity contribution in [2.45, 2.75) is 20.3 Å². The molecule has 64 valence electrons. The maximum absolute atomic E-state index is 9.40. The summed E-state index contributed by atoms with van der Waals surface area (Å²) < 4.78 is 0. The van der Waals surface area contributed by atoms with E-state index >= 15 is 0 Å². The molecule has 0 aliphatic carbocycles. The summed E-state index contributed by atoms with van der Waals surface area (Å²) >= 11 is 0. The smallest absolute Gasteiger partial charge is 0.0639 e. The van der Waals surface area contributed by atoms with Gasteiger partial charge in [0.15, 0.2) is 0 Å². The van der Waals surface area contributed by atoms with E-state index < -0.39 is 11.9 Å². The summed E-state index contributed by atoms with van der Waals surface area (Å²) in [5, 5.41) is 18.7. The van der Waals surface area contributed by atoms with Crippen LogP contribution in [0.3, 0.4) is 0 Å². The van der Waals surface area contributed by atoms with Gasteiger partial charge in [0.2, 0.25) is 0 Å². The normalized spacial score (nSPS) is 8.55. The summed E-state index contributed by atoms with van der Waals surface area (Å²) in [5.41, 5.74) is 0. The van der Waals surface area contributed by atoms with Crippen molar-refractivity contribution in [2.24, 2.45) is 0 Å². The Morgan fingerprint density at radius 1 is 1.36 bits per heavy atom. The van der Waals surface area contributed by atoms with Crippen molar-refractivity contribution in [1.29, 1.82) is 0 Å². The van der Waals surface area contributed by atoms with Gasteiger partial charge in [0.25, 0.3) is 0 Å². The van der Waals surface area contributed by atoms with Crippen LogP contribution < -0.4 is 10.2 Å². The van der Waals surface area contributed by atoms with Crippen LogP contribution in [0, 0.1) is 0 Å². The van der Waals surface area contributed by atoms with Crippen LogP contribution in [0.1, 0.15) is 20.3 Å². The minimum absolute atomic E-state index is 0.111.